The van der Waals surface area contributed by atoms with E-state index in [1.165, 1.54) is 0 Å². The number of hydrogen-bond donors (Lipinski definition) is 2. The van der Waals surface area contributed by atoms with Crippen LogP contribution in [0.5, 0.6) is 0 Å². The smallest absolute Gasteiger partial charge is 0.0642 e. The van der Waals surface area contributed by atoms with Crippen molar-refractivity contribution in [1.82, 2.24) is 0 Å². The average Bonchev–Trinajstić information content (AvgIpc) is 2.50. The lowest BCUT2D eigenvalue weighted by molar-refractivity contribution is 0.0481. The Morgan fingerprint density at radius 2 is 2.11 bits per heavy atom. The number of aliphatic hydroxyl groups is 1. The molecule has 2 unspecified atom stereocenters. The van der Waals surface area contributed by atoms with E-state index < -0.39 is 5.60 Å². The number of nitrogens with zero attached hydrogens (tertiary/aromatic N) is 1. The van der Waals surface area contributed by atoms with E-state index in [1.807, 2.05) is 32.0 Å². The summed E-state index contributed by atoms with van der Waals surface area (Å²) in [4.78, 5) is 2.26. The first-order valence-corrected chi connectivity index (χ1v) is 7.29. The van der Waals surface area contributed by atoms with Crippen LogP contribution in [0.3, 0.4) is 0 Å². The minimum atomic E-state index is -0.549. The molecule has 106 valence electrons. The van der Waals surface area contributed by atoms with E-state index >= 15 is 0 Å². The third kappa shape index (κ3) is 3.62. The second-order valence-corrected chi connectivity index (χ2v) is 6.24. The lowest BCUT2D eigenvalue weighted by Crippen LogP contribution is -2.28. The highest BCUT2D eigenvalue weighted by Crippen LogP contribution is 2.31. The molecule has 2 atom stereocenters. The monoisotopic (exact) mass is 282 g/mol. The molecule has 1 aromatic rings. The first kappa shape index (κ1) is 14.6. The third-order valence-electron chi connectivity index (χ3n) is 3.90. The molecular weight excluding hydrogens is 260 g/mol. The maximum Gasteiger partial charge on any atom is 0.0642 e. The summed E-state index contributed by atoms with van der Waals surface area (Å²) in [6, 6.07) is 6.03. The maximum absolute atomic E-state index is 10.1. The fraction of sp³-hybridized carbons (Fsp3) is 0.600. The van der Waals surface area contributed by atoms with Gasteiger partial charge in [-0.3, -0.25) is 0 Å². The van der Waals surface area contributed by atoms with Crippen LogP contribution in [0.15, 0.2) is 18.2 Å². The molecule has 0 bridgehead atoms. The average molecular weight is 283 g/mol. The molecule has 0 aromatic heterocycles. The second-order valence-electron chi connectivity index (χ2n) is 5.84. The Hall–Kier alpha value is -0.770. The normalized spacial score (nSPS) is 26.1. The van der Waals surface area contributed by atoms with Crippen molar-refractivity contribution in [2.75, 3.05) is 18.0 Å². The van der Waals surface area contributed by atoms with Crippen molar-refractivity contribution >= 4 is 17.3 Å². The van der Waals surface area contributed by atoms with Crippen molar-refractivity contribution in [3.8, 4) is 0 Å². The molecule has 1 aliphatic rings. The molecule has 1 saturated heterocycles. The Morgan fingerprint density at radius 1 is 1.37 bits per heavy atom. The number of hydrogen-bond acceptors (Lipinski definition) is 3. The van der Waals surface area contributed by atoms with Crippen LogP contribution < -0.4 is 10.6 Å². The summed E-state index contributed by atoms with van der Waals surface area (Å²) in [6.07, 6.45) is 2.61. The first-order valence-electron chi connectivity index (χ1n) is 6.91. The largest absolute Gasteiger partial charge is 0.390 e. The summed E-state index contributed by atoms with van der Waals surface area (Å²) in [5, 5.41) is 10.9. The quantitative estimate of drug-likeness (QED) is 0.876. The van der Waals surface area contributed by atoms with E-state index in [0.717, 1.165) is 48.6 Å². The van der Waals surface area contributed by atoms with Crippen molar-refractivity contribution in [3.63, 3.8) is 0 Å². The van der Waals surface area contributed by atoms with Crippen LogP contribution in [0, 0.1) is 0 Å². The number of nitrogens with two attached hydrogens (primary N) is 1. The van der Waals surface area contributed by atoms with E-state index in [9.17, 15) is 5.11 Å². The van der Waals surface area contributed by atoms with Gasteiger partial charge in [0.15, 0.2) is 0 Å². The third-order valence-corrected chi connectivity index (χ3v) is 4.20. The van der Waals surface area contributed by atoms with Crippen LogP contribution in [0.25, 0.3) is 0 Å². The standard InChI is InChI=1S/C15H23ClN2O/c1-11(17)12-4-5-14(13(16)10-12)18-8-3-6-15(2,19)7-9-18/h4-5,10-11,19H,3,6-9,17H2,1-2H3. The Bertz CT molecular complexity index is 446. The molecule has 1 aliphatic heterocycles. The summed E-state index contributed by atoms with van der Waals surface area (Å²) >= 11 is 6.37. The fourth-order valence-electron chi connectivity index (χ4n) is 2.57. The van der Waals surface area contributed by atoms with Crippen LogP contribution in [-0.4, -0.2) is 23.8 Å². The lowest BCUT2D eigenvalue weighted by atomic mass is 9.98. The highest BCUT2D eigenvalue weighted by molar-refractivity contribution is 6.33. The molecule has 0 aliphatic carbocycles. The van der Waals surface area contributed by atoms with Crippen molar-refractivity contribution in [2.45, 2.75) is 44.8 Å². The van der Waals surface area contributed by atoms with E-state index in [4.69, 9.17) is 17.3 Å². The van der Waals surface area contributed by atoms with Gasteiger partial charge in [0.25, 0.3) is 0 Å². The van der Waals surface area contributed by atoms with Crippen LogP contribution in [0.1, 0.15) is 44.7 Å². The highest BCUT2D eigenvalue weighted by Gasteiger charge is 2.25. The van der Waals surface area contributed by atoms with Crippen LogP contribution >= 0.6 is 11.6 Å². The highest BCUT2D eigenvalue weighted by atomic mass is 35.5. The first-order chi connectivity index (χ1) is 8.89. The van der Waals surface area contributed by atoms with Gasteiger partial charge in [-0.2, -0.15) is 0 Å². The maximum atomic E-state index is 10.1. The number of halogens is 1. The Kier molecular flexibility index (Phi) is 4.39. The molecular formula is C15H23ClN2O. The Morgan fingerprint density at radius 3 is 2.74 bits per heavy atom. The van der Waals surface area contributed by atoms with Gasteiger partial charge in [0.1, 0.15) is 0 Å². The minimum Gasteiger partial charge on any atom is -0.390 e. The van der Waals surface area contributed by atoms with Crippen molar-refractivity contribution in [2.24, 2.45) is 5.73 Å². The summed E-state index contributed by atoms with van der Waals surface area (Å²) in [5.74, 6) is 0. The second kappa shape index (κ2) is 5.70. The number of rotatable bonds is 2. The molecule has 1 heterocycles. The predicted molar refractivity (Wildman–Crippen MR) is 80.7 cm³/mol. The van der Waals surface area contributed by atoms with Crippen molar-refractivity contribution < 1.29 is 5.11 Å². The van der Waals surface area contributed by atoms with E-state index in [2.05, 4.69) is 4.90 Å². The van der Waals surface area contributed by atoms with E-state index in [-0.39, 0.29) is 6.04 Å². The molecule has 3 N–H and O–H groups in total. The minimum absolute atomic E-state index is 0.00332. The van der Waals surface area contributed by atoms with Gasteiger partial charge in [-0.05, 0) is 50.8 Å². The molecule has 1 aromatic carbocycles. The van der Waals surface area contributed by atoms with Gasteiger partial charge >= 0.3 is 0 Å². The van der Waals surface area contributed by atoms with E-state index in [1.54, 1.807) is 0 Å². The molecule has 0 amide bonds. The van der Waals surface area contributed by atoms with Gasteiger partial charge in [0.05, 0.1) is 16.3 Å². The molecule has 0 saturated carbocycles. The molecule has 0 spiro atoms. The Labute approximate surface area is 120 Å². The van der Waals surface area contributed by atoms with Gasteiger partial charge in [-0.15, -0.1) is 0 Å². The molecule has 1 fully saturated rings. The number of anilines is 1. The predicted octanol–water partition coefficient (Wildman–Crippen LogP) is 3.10. The summed E-state index contributed by atoms with van der Waals surface area (Å²) in [6.45, 7) is 5.64. The molecule has 19 heavy (non-hydrogen) atoms. The summed E-state index contributed by atoms with van der Waals surface area (Å²) in [5.41, 5.74) is 7.41. The molecule has 4 heteroatoms. The van der Waals surface area contributed by atoms with Crippen LogP contribution in [-0.2, 0) is 0 Å². The van der Waals surface area contributed by atoms with Gasteiger partial charge in [0.2, 0.25) is 0 Å². The zero-order valence-corrected chi connectivity index (χ0v) is 12.5. The van der Waals surface area contributed by atoms with Crippen LogP contribution in [0.4, 0.5) is 5.69 Å². The van der Waals surface area contributed by atoms with E-state index in [0.29, 0.717) is 0 Å². The van der Waals surface area contributed by atoms with Gasteiger partial charge in [0, 0.05) is 19.1 Å². The molecule has 2 rings (SSSR count). The lowest BCUT2D eigenvalue weighted by Gasteiger charge is -2.25. The number of benzene rings is 1. The van der Waals surface area contributed by atoms with Gasteiger partial charge in [-0.25, -0.2) is 0 Å². The summed E-state index contributed by atoms with van der Waals surface area (Å²) < 4.78 is 0. The zero-order chi connectivity index (χ0) is 14.0. The summed E-state index contributed by atoms with van der Waals surface area (Å²) in [7, 11) is 0. The molecule has 3 nitrogen and oxygen atoms in total. The Balaban J connectivity index is 2.18. The van der Waals surface area contributed by atoms with Gasteiger partial charge < -0.3 is 15.7 Å². The van der Waals surface area contributed by atoms with Crippen molar-refractivity contribution in [1.29, 1.82) is 0 Å². The van der Waals surface area contributed by atoms with Crippen LogP contribution in [0.2, 0.25) is 5.02 Å². The topological polar surface area (TPSA) is 49.5 Å². The molecule has 0 radical (unpaired) electrons. The fourth-order valence-corrected chi connectivity index (χ4v) is 2.88. The zero-order valence-electron chi connectivity index (χ0n) is 11.7. The van der Waals surface area contributed by atoms with Gasteiger partial charge in [-0.1, -0.05) is 17.7 Å². The SMILES string of the molecule is CC(N)c1ccc(N2CCCC(C)(O)CC2)c(Cl)c1. The van der Waals surface area contributed by atoms with Crippen molar-refractivity contribution in [3.05, 3.63) is 28.8 Å².